The van der Waals surface area contributed by atoms with E-state index < -0.39 is 0 Å². The molecule has 0 amide bonds. The highest BCUT2D eigenvalue weighted by atomic mass is 16.5. The van der Waals surface area contributed by atoms with Crippen molar-refractivity contribution in [2.45, 2.75) is 38.6 Å². The van der Waals surface area contributed by atoms with Crippen LogP contribution in [0.25, 0.3) is 0 Å². The molecule has 1 aliphatic heterocycles. The minimum Gasteiger partial charge on any atom is -0.496 e. The minimum absolute atomic E-state index is 0.356. The molecule has 0 bridgehead atoms. The molecule has 0 spiro atoms. The van der Waals surface area contributed by atoms with E-state index in [1.165, 1.54) is 0 Å². The summed E-state index contributed by atoms with van der Waals surface area (Å²) in [5.74, 6) is 0.928. The standard InChI is InChI=1S/C21H25N3O/c1-16-13-23-19(17(2)20(16)25-3)14-24-11-9-21(15-22,10-12-24)18-7-5-4-6-8-18/h4-8,13H,9-12,14H2,1-3H3. The Morgan fingerprint density at radius 1 is 1.20 bits per heavy atom. The van der Waals surface area contributed by atoms with Gasteiger partial charge in [-0.2, -0.15) is 5.26 Å². The SMILES string of the molecule is COc1c(C)cnc(CN2CCC(C#N)(c3ccccc3)CC2)c1C. The van der Waals surface area contributed by atoms with Crippen molar-refractivity contribution < 1.29 is 4.74 Å². The number of likely N-dealkylation sites (tertiary alicyclic amines) is 1. The zero-order valence-electron chi connectivity index (χ0n) is 15.2. The second kappa shape index (κ2) is 7.25. The van der Waals surface area contributed by atoms with Crippen LogP contribution in [0.1, 0.15) is 35.2 Å². The molecule has 2 heterocycles. The van der Waals surface area contributed by atoms with Crippen molar-refractivity contribution in [3.05, 3.63) is 58.9 Å². The van der Waals surface area contributed by atoms with Gasteiger partial charge in [-0.25, -0.2) is 0 Å². The van der Waals surface area contributed by atoms with E-state index in [9.17, 15) is 5.26 Å². The lowest BCUT2D eigenvalue weighted by atomic mass is 9.74. The summed E-state index contributed by atoms with van der Waals surface area (Å²) in [6.07, 6.45) is 3.60. The molecule has 1 aromatic heterocycles. The highest BCUT2D eigenvalue weighted by Crippen LogP contribution is 2.35. The van der Waals surface area contributed by atoms with Gasteiger partial charge in [0.05, 0.1) is 24.3 Å². The Bertz CT molecular complexity index is 772. The second-order valence-corrected chi connectivity index (χ2v) is 6.88. The fraction of sp³-hybridized carbons (Fsp3) is 0.429. The lowest BCUT2D eigenvalue weighted by molar-refractivity contribution is 0.177. The van der Waals surface area contributed by atoms with Crippen LogP contribution in [0.2, 0.25) is 0 Å². The molecule has 0 aliphatic carbocycles. The maximum atomic E-state index is 9.82. The number of benzene rings is 1. The molecule has 25 heavy (non-hydrogen) atoms. The third-order valence-corrected chi connectivity index (χ3v) is 5.37. The number of ether oxygens (including phenoxy) is 1. The summed E-state index contributed by atoms with van der Waals surface area (Å²) in [5, 5.41) is 9.82. The summed E-state index contributed by atoms with van der Waals surface area (Å²) in [6.45, 7) is 6.70. The van der Waals surface area contributed by atoms with Crippen LogP contribution in [-0.2, 0) is 12.0 Å². The Morgan fingerprint density at radius 2 is 1.88 bits per heavy atom. The van der Waals surface area contributed by atoms with Gasteiger partial charge in [0.1, 0.15) is 5.75 Å². The summed E-state index contributed by atoms with van der Waals surface area (Å²) in [7, 11) is 1.71. The first-order valence-electron chi connectivity index (χ1n) is 8.78. The maximum absolute atomic E-state index is 9.82. The fourth-order valence-corrected chi connectivity index (χ4v) is 3.76. The zero-order chi connectivity index (χ0) is 17.9. The van der Waals surface area contributed by atoms with Crippen LogP contribution in [0.15, 0.2) is 36.5 Å². The quantitative estimate of drug-likeness (QED) is 0.853. The van der Waals surface area contributed by atoms with E-state index in [1.807, 2.05) is 31.3 Å². The number of hydrogen-bond donors (Lipinski definition) is 0. The van der Waals surface area contributed by atoms with Crippen molar-refractivity contribution in [3.8, 4) is 11.8 Å². The molecule has 0 N–H and O–H groups in total. The lowest BCUT2D eigenvalue weighted by Crippen LogP contribution is -2.41. The first-order chi connectivity index (χ1) is 12.1. The largest absolute Gasteiger partial charge is 0.496 e. The fourth-order valence-electron chi connectivity index (χ4n) is 3.76. The molecule has 0 radical (unpaired) electrons. The molecule has 0 unspecified atom stereocenters. The molecule has 130 valence electrons. The van der Waals surface area contributed by atoms with Gasteiger partial charge < -0.3 is 4.74 Å². The first kappa shape index (κ1) is 17.4. The van der Waals surface area contributed by atoms with Crippen LogP contribution in [0.4, 0.5) is 0 Å². The molecule has 1 fully saturated rings. The van der Waals surface area contributed by atoms with Crippen LogP contribution in [0.3, 0.4) is 0 Å². The van der Waals surface area contributed by atoms with Crippen molar-refractivity contribution in [3.63, 3.8) is 0 Å². The number of hydrogen-bond acceptors (Lipinski definition) is 4. The van der Waals surface area contributed by atoms with Gasteiger partial charge in [-0.3, -0.25) is 9.88 Å². The molecule has 2 aromatic rings. The zero-order valence-corrected chi connectivity index (χ0v) is 15.2. The Hall–Kier alpha value is -2.38. The summed E-state index contributed by atoms with van der Waals surface area (Å²) in [5.41, 5.74) is 4.03. The van der Waals surface area contributed by atoms with Crippen molar-refractivity contribution in [2.24, 2.45) is 0 Å². The highest BCUT2D eigenvalue weighted by Gasteiger charge is 2.36. The van der Waals surface area contributed by atoms with Crippen molar-refractivity contribution in [2.75, 3.05) is 20.2 Å². The number of pyridine rings is 1. The van der Waals surface area contributed by atoms with Crippen LogP contribution < -0.4 is 4.74 Å². The Labute approximate surface area is 150 Å². The number of aromatic nitrogens is 1. The van der Waals surface area contributed by atoms with Gasteiger partial charge in [0, 0.05) is 37.0 Å². The third kappa shape index (κ3) is 3.38. The topological polar surface area (TPSA) is 49.1 Å². The lowest BCUT2D eigenvalue weighted by Gasteiger charge is -2.37. The van der Waals surface area contributed by atoms with E-state index in [1.54, 1.807) is 7.11 Å². The average molecular weight is 335 g/mol. The summed E-state index contributed by atoms with van der Waals surface area (Å²) in [4.78, 5) is 7.00. The number of nitriles is 1. The van der Waals surface area contributed by atoms with Crippen molar-refractivity contribution >= 4 is 0 Å². The van der Waals surface area contributed by atoms with Gasteiger partial charge in [0.2, 0.25) is 0 Å². The molecule has 4 heteroatoms. The van der Waals surface area contributed by atoms with Gasteiger partial charge >= 0.3 is 0 Å². The normalized spacial score (nSPS) is 17.0. The molecular weight excluding hydrogens is 310 g/mol. The smallest absolute Gasteiger partial charge is 0.128 e. The Balaban J connectivity index is 1.72. The van der Waals surface area contributed by atoms with E-state index >= 15 is 0 Å². The van der Waals surface area contributed by atoms with E-state index in [-0.39, 0.29) is 5.41 Å². The van der Waals surface area contributed by atoms with Gasteiger partial charge in [-0.1, -0.05) is 30.3 Å². The highest BCUT2D eigenvalue weighted by molar-refractivity contribution is 5.41. The predicted molar refractivity (Wildman–Crippen MR) is 98.5 cm³/mol. The number of rotatable bonds is 4. The molecule has 0 saturated carbocycles. The van der Waals surface area contributed by atoms with Gasteiger partial charge in [0.25, 0.3) is 0 Å². The average Bonchev–Trinajstić information content (AvgIpc) is 2.66. The van der Waals surface area contributed by atoms with E-state index in [0.29, 0.717) is 0 Å². The predicted octanol–water partition coefficient (Wildman–Crippen LogP) is 3.76. The van der Waals surface area contributed by atoms with Crippen LogP contribution in [0.5, 0.6) is 5.75 Å². The van der Waals surface area contributed by atoms with Crippen molar-refractivity contribution in [1.29, 1.82) is 5.26 Å². The molecule has 1 aliphatic rings. The van der Waals surface area contributed by atoms with Gasteiger partial charge in [0.15, 0.2) is 0 Å². The molecule has 1 saturated heterocycles. The number of nitrogens with zero attached hydrogens (tertiary/aromatic N) is 3. The van der Waals surface area contributed by atoms with Gasteiger partial charge in [-0.05, 0) is 32.3 Å². The maximum Gasteiger partial charge on any atom is 0.128 e. The molecular formula is C21H25N3O. The summed E-state index contributed by atoms with van der Waals surface area (Å²) >= 11 is 0. The summed E-state index contributed by atoms with van der Waals surface area (Å²) in [6, 6.07) is 12.8. The number of aryl methyl sites for hydroxylation is 1. The van der Waals surface area contributed by atoms with E-state index in [2.05, 4.69) is 35.0 Å². The van der Waals surface area contributed by atoms with Crippen molar-refractivity contribution in [1.82, 2.24) is 9.88 Å². The van der Waals surface area contributed by atoms with Gasteiger partial charge in [-0.15, -0.1) is 0 Å². The number of piperidine rings is 1. The minimum atomic E-state index is -0.356. The number of methoxy groups -OCH3 is 1. The summed E-state index contributed by atoms with van der Waals surface area (Å²) < 4.78 is 5.51. The monoisotopic (exact) mass is 335 g/mol. The van der Waals surface area contributed by atoms with Crippen LogP contribution in [-0.4, -0.2) is 30.1 Å². The Kier molecular flexibility index (Phi) is 5.06. The molecule has 4 nitrogen and oxygen atoms in total. The molecule has 0 atom stereocenters. The Morgan fingerprint density at radius 3 is 2.48 bits per heavy atom. The van der Waals surface area contributed by atoms with E-state index in [0.717, 1.165) is 60.6 Å². The molecule has 3 rings (SSSR count). The van der Waals surface area contributed by atoms with Crippen LogP contribution in [0, 0.1) is 25.2 Å². The van der Waals surface area contributed by atoms with E-state index in [4.69, 9.17) is 4.74 Å². The van der Waals surface area contributed by atoms with Crippen LogP contribution >= 0.6 is 0 Å². The first-order valence-corrected chi connectivity index (χ1v) is 8.78. The molecule has 1 aromatic carbocycles. The third-order valence-electron chi connectivity index (χ3n) is 5.37. The second-order valence-electron chi connectivity index (χ2n) is 6.88.